The van der Waals surface area contributed by atoms with Crippen molar-refractivity contribution in [3.05, 3.63) is 57.5 Å². The number of fused-ring (bicyclic) bond motifs is 2. The van der Waals surface area contributed by atoms with Gasteiger partial charge in [-0.25, -0.2) is 4.98 Å². The maximum atomic E-state index is 12.2. The van der Waals surface area contributed by atoms with Crippen molar-refractivity contribution >= 4 is 33.9 Å². The molecule has 0 radical (unpaired) electrons. The van der Waals surface area contributed by atoms with Gasteiger partial charge in [-0.1, -0.05) is 12.1 Å². The minimum Gasteiger partial charge on any atom is -0.482 e. The number of aromatic nitrogens is 2. The molecule has 2 aromatic heterocycles. The quantitative estimate of drug-likeness (QED) is 0.633. The van der Waals surface area contributed by atoms with Crippen molar-refractivity contribution in [1.29, 1.82) is 0 Å². The van der Waals surface area contributed by atoms with E-state index < -0.39 is 5.97 Å². The van der Waals surface area contributed by atoms with Gasteiger partial charge in [0.15, 0.2) is 11.6 Å². The van der Waals surface area contributed by atoms with Crippen molar-refractivity contribution in [1.82, 2.24) is 9.38 Å². The van der Waals surface area contributed by atoms with E-state index in [0.29, 0.717) is 22.1 Å². The Morgan fingerprint density at radius 1 is 1.33 bits per heavy atom. The van der Waals surface area contributed by atoms with Crippen molar-refractivity contribution in [2.75, 3.05) is 18.1 Å². The Kier molecular flexibility index (Phi) is 4.36. The highest BCUT2D eigenvalue weighted by atomic mass is 32.1. The molecule has 138 valence electrons. The average molecular weight is 385 g/mol. The zero-order valence-electron chi connectivity index (χ0n) is 14.4. The number of rotatable bonds is 4. The van der Waals surface area contributed by atoms with Crippen molar-refractivity contribution in [3.8, 4) is 5.75 Å². The number of para-hydroxylation sites is 2. The van der Waals surface area contributed by atoms with Gasteiger partial charge in [0.2, 0.25) is 0 Å². The number of thiazole rings is 1. The summed E-state index contributed by atoms with van der Waals surface area (Å²) in [7, 11) is 0. The van der Waals surface area contributed by atoms with Crippen molar-refractivity contribution in [2.45, 2.75) is 13.5 Å². The van der Waals surface area contributed by atoms with Gasteiger partial charge in [-0.2, -0.15) is 0 Å². The van der Waals surface area contributed by atoms with E-state index in [2.05, 4.69) is 4.98 Å². The van der Waals surface area contributed by atoms with Crippen molar-refractivity contribution in [3.63, 3.8) is 0 Å². The Hall–Kier alpha value is -3.20. The van der Waals surface area contributed by atoms with Crippen LogP contribution in [0.4, 0.5) is 5.69 Å². The lowest BCUT2D eigenvalue weighted by Crippen LogP contribution is -2.42. The molecule has 0 spiro atoms. The molecule has 4 rings (SSSR count). The first kappa shape index (κ1) is 17.2. The third kappa shape index (κ3) is 3.28. The Bertz CT molecular complexity index is 1100. The zero-order valence-corrected chi connectivity index (χ0v) is 15.2. The van der Waals surface area contributed by atoms with Crippen LogP contribution in [0.15, 0.2) is 40.5 Å². The first-order valence-electron chi connectivity index (χ1n) is 8.17. The number of ether oxygens (including phenoxy) is 2. The van der Waals surface area contributed by atoms with Crippen LogP contribution in [0.1, 0.15) is 11.4 Å². The summed E-state index contributed by atoms with van der Waals surface area (Å²) in [5, 5.41) is 1.83. The largest absolute Gasteiger partial charge is 0.482 e. The van der Waals surface area contributed by atoms with Crippen LogP contribution in [-0.2, 0) is 20.9 Å². The van der Waals surface area contributed by atoms with Crippen LogP contribution < -0.4 is 15.2 Å². The standard InChI is InChI=1S/C18H15N3O5S/c1-11-10-27-18-19-12(6-15(22)21(11)18)8-26-17(24)7-20-13-4-2-3-5-14(13)25-9-16(20)23/h2-6,10H,7-9H2,1H3. The maximum absolute atomic E-state index is 12.2. The molecule has 1 aromatic carbocycles. The number of nitrogens with zero attached hydrogens (tertiary/aromatic N) is 3. The molecule has 8 nitrogen and oxygen atoms in total. The minimum absolute atomic E-state index is 0.128. The Morgan fingerprint density at radius 3 is 3.00 bits per heavy atom. The molecule has 0 fully saturated rings. The number of carbonyl (C=O) groups excluding carboxylic acids is 2. The number of anilines is 1. The molecule has 0 saturated carbocycles. The average Bonchev–Trinajstić information content (AvgIpc) is 3.04. The summed E-state index contributed by atoms with van der Waals surface area (Å²) in [6.45, 7) is 1.32. The van der Waals surface area contributed by atoms with Gasteiger partial charge >= 0.3 is 5.97 Å². The third-order valence-electron chi connectivity index (χ3n) is 4.11. The van der Waals surface area contributed by atoms with Gasteiger partial charge in [0.1, 0.15) is 18.9 Å². The van der Waals surface area contributed by atoms with E-state index in [1.807, 2.05) is 12.3 Å². The molecular formula is C18H15N3O5S. The molecule has 3 aromatic rings. The van der Waals surface area contributed by atoms with Crippen LogP contribution in [0.5, 0.6) is 5.75 Å². The molecule has 9 heteroatoms. The molecule has 1 aliphatic heterocycles. The number of hydrogen-bond donors (Lipinski definition) is 0. The molecule has 0 atom stereocenters. The lowest BCUT2D eigenvalue weighted by Gasteiger charge is -2.28. The van der Waals surface area contributed by atoms with Crippen LogP contribution >= 0.6 is 11.3 Å². The van der Waals surface area contributed by atoms with Gasteiger partial charge in [0.05, 0.1) is 11.4 Å². The predicted molar refractivity (Wildman–Crippen MR) is 98.2 cm³/mol. The molecule has 3 heterocycles. The van der Waals surface area contributed by atoms with Crippen LogP contribution in [0.25, 0.3) is 4.96 Å². The fraction of sp³-hybridized carbons (Fsp3) is 0.222. The van der Waals surface area contributed by atoms with Gasteiger partial charge in [-0.3, -0.25) is 23.7 Å². The summed E-state index contributed by atoms with van der Waals surface area (Å²) < 4.78 is 12.1. The van der Waals surface area contributed by atoms with Crippen LogP contribution in [0.3, 0.4) is 0 Å². The van der Waals surface area contributed by atoms with Gasteiger partial charge in [-0.05, 0) is 19.1 Å². The number of carbonyl (C=O) groups is 2. The van der Waals surface area contributed by atoms with E-state index in [4.69, 9.17) is 9.47 Å². The fourth-order valence-corrected chi connectivity index (χ4v) is 3.72. The van der Waals surface area contributed by atoms with E-state index in [-0.39, 0.29) is 31.2 Å². The highest BCUT2D eigenvalue weighted by Crippen LogP contribution is 2.31. The smallest absolute Gasteiger partial charge is 0.326 e. The molecule has 0 saturated heterocycles. The zero-order chi connectivity index (χ0) is 19.0. The number of esters is 1. The summed E-state index contributed by atoms with van der Waals surface area (Å²) in [6, 6.07) is 8.33. The van der Waals surface area contributed by atoms with E-state index in [9.17, 15) is 14.4 Å². The maximum Gasteiger partial charge on any atom is 0.326 e. The molecule has 1 aliphatic rings. The molecule has 0 unspecified atom stereocenters. The second-order valence-corrected chi connectivity index (χ2v) is 6.81. The summed E-state index contributed by atoms with van der Waals surface area (Å²) in [4.78, 5) is 42.7. The number of hydrogen-bond acceptors (Lipinski definition) is 7. The van der Waals surface area contributed by atoms with Gasteiger partial charge in [0.25, 0.3) is 11.5 Å². The van der Waals surface area contributed by atoms with Crippen LogP contribution in [-0.4, -0.2) is 34.4 Å². The SMILES string of the molecule is Cc1csc2nc(COC(=O)CN3C(=O)COc4ccccc43)cc(=O)n12. The minimum atomic E-state index is -0.593. The van der Waals surface area contributed by atoms with Crippen LogP contribution in [0.2, 0.25) is 0 Å². The first-order chi connectivity index (χ1) is 13.0. The molecular weight excluding hydrogens is 370 g/mol. The van der Waals surface area contributed by atoms with E-state index in [0.717, 1.165) is 5.69 Å². The monoisotopic (exact) mass is 385 g/mol. The molecule has 0 N–H and O–H groups in total. The molecule has 0 bridgehead atoms. The first-order valence-corrected chi connectivity index (χ1v) is 9.05. The van der Waals surface area contributed by atoms with E-state index >= 15 is 0 Å². The number of aryl methyl sites for hydroxylation is 1. The van der Waals surface area contributed by atoms with Gasteiger partial charge < -0.3 is 9.47 Å². The second-order valence-electron chi connectivity index (χ2n) is 5.98. The summed E-state index contributed by atoms with van der Waals surface area (Å²) in [5.41, 5.74) is 1.48. The second kappa shape index (κ2) is 6.84. The summed E-state index contributed by atoms with van der Waals surface area (Å²) in [6.07, 6.45) is 0. The van der Waals surface area contributed by atoms with Crippen LogP contribution in [0, 0.1) is 6.92 Å². The topological polar surface area (TPSA) is 90.2 Å². The fourth-order valence-electron chi connectivity index (χ4n) is 2.83. The van der Waals surface area contributed by atoms with Crippen molar-refractivity contribution < 1.29 is 19.1 Å². The number of benzene rings is 1. The summed E-state index contributed by atoms with van der Waals surface area (Å²) in [5.74, 6) is -0.375. The highest BCUT2D eigenvalue weighted by Gasteiger charge is 2.27. The Balaban J connectivity index is 1.46. The Morgan fingerprint density at radius 2 is 2.15 bits per heavy atom. The molecule has 1 amide bonds. The van der Waals surface area contributed by atoms with Gasteiger partial charge in [-0.15, -0.1) is 11.3 Å². The normalized spacial score (nSPS) is 13.4. The predicted octanol–water partition coefficient (Wildman–Crippen LogP) is 1.53. The van der Waals surface area contributed by atoms with E-state index in [1.54, 1.807) is 24.3 Å². The third-order valence-corrected chi connectivity index (χ3v) is 5.05. The van der Waals surface area contributed by atoms with Gasteiger partial charge in [0, 0.05) is 17.1 Å². The lowest BCUT2D eigenvalue weighted by atomic mass is 10.2. The molecule has 27 heavy (non-hydrogen) atoms. The number of amides is 1. The molecule has 0 aliphatic carbocycles. The van der Waals surface area contributed by atoms with E-state index in [1.165, 1.54) is 26.7 Å². The van der Waals surface area contributed by atoms with Crippen molar-refractivity contribution in [2.24, 2.45) is 0 Å². The lowest BCUT2D eigenvalue weighted by molar-refractivity contribution is -0.144. The summed E-state index contributed by atoms with van der Waals surface area (Å²) >= 11 is 1.34. The Labute approximate surface area is 157 Å². The highest BCUT2D eigenvalue weighted by molar-refractivity contribution is 7.15.